The van der Waals surface area contributed by atoms with Crippen LogP contribution in [-0.4, -0.2) is 40.3 Å². The SMILES string of the molecule is Cc1cccc(-c2sc(N)nc2C(=O)N2C3C[C@H]3C[C@H]2CNC(=O)c2cccc(Br)c2)c1. The fourth-order valence-corrected chi connectivity index (χ4v) is 5.81. The lowest BCUT2D eigenvalue weighted by atomic mass is 10.1. The number of aryl methyl sites for hydroxylation is 1. The Hall–Kier alpha value is -2.71. The molecule has 6 nitrogen and oxygen atoms in total. The minimum atomic E-state index is -0.141. The first-order valence-electron chi connectivity index (χ1n) is 10.6. The second kappa shape index (κ2) is 8.33. The molecule has 5 rings (SSSR count). The number of rotatable bonds is 5. The van der Waals surface area contributed by atoms with Gasteiger partial charge in [-0.05, 0) is 49.4 Å². The number of carbonyl (C=O) groups is 2. The van der Waals surface area contributed by atoms with Crippen molar-refractivity contribution in [3.63, 3.8) is 0 Å². The van der Waals surface area contributed by atoms with Gasteiger partial charge in [0.2, 0.25) is 0 Å². The maximum Gasteiger partial charge on any atom is 0.274 e. The summed E-state index contributed by atoms with van der Waals surface area (Å²) < 4.78 is 0.855. The molecule has 0 bridgehead atoms. The van der Waals surface area contributed by atoms with Crippen molar-refractivity contribution in [3.05, 3.63) is 69.8 Å². The maximum absolute atomic E-state index is 13.6. The van der Waals surface area contributed by atoms with Crippen LogP contribution in [-0.2, 0) is 0 Å². The molecular weight excluding hydrogens is 488 g/mol. The zero-order chi connectivity index (χ0) is 22.4. The number of thiazole rings is 1. The Morgan fingerprint density at radius 2 is 2.03 bits per heavy atom. The normalized spacial score (nSPS) is 21.3. The van der Waals surface area contributed by atoms with E-state index in [-0.39, 0.29) is 23.9 Å². The molecule has 2 fully saturated rings. The van der Waals surface area contributed by atoms with Gasteiger partial charge in [-0.1, -0.05) is 63.2 Å². The van der Waals surface area contributed by atoms with E-state index < -0.39 is 0 Å². The third-order valence-electron chi connectivity index (χ3n) is 6.16. The van der Waals surface area contributed by atoms with Crippen molar-refractivity contribution in [3.8, 4) is 10.4 Å². The monoisotopic (exact) mass is 510 g/mol. The Morgan fingerprint density at radius 1 is 1.22 bits per heavy atom. The number of nitrogens with two attached hydrogens (primary N) is 1. The summed E-state index contributed by atoms with van der Waals surface area (Å²) >= 11 is 4.74. The van der Waals surface area contributed by atoms with Gasteiger partial charge in [0.25, 0.3) is 11.8 Å². The predicted molar refractivity (Wildman–Crippen MR) is 130 cm³/mol. The van der Waals surface area contributed by atoms with Gasteiger partial charge in [0.15, 0.2) is 5.13 Å². The van der Waals surface area contributed by atoms with Crippen molar-refractivity contribution in [2.24, 2.45) is 5.92 Å². The Labute approximate surface area is 199 Å². The number of amides is 2. The summed E-state index contributed by atoms with van der Waals surface area (Å²) in [7, 11) is 0. The molecule has 1 aromatic heterocycles. The fourth-order valence-electron chi connectivity index (χ4n) is 4.59. The van der Waals surface area contributed by atoms with Gasteiger partial charge in [0.05, 0.1) is 10.9 Å². The van der Waals surface area contributed by atoms with Crippen molar-refractivity contribution in [2.45, 2.75) is 31.8 Å². The van der Waals surface area contributed by atoms with Crippen LogP contribution in [0.2, 0.25) is 0 Å². The van der Waals surface area contributed by atoms with Crippen molar-refractivity contribution in [1.82, 2.24) is 15.2 Å². The standard InChI is InChI=1S/C24H23BrN4O2S/c1-13-4-2-5-14(8-13)21-20(28-24(26)32-21)23(31)29-18(10-16-11-19(16)29)12-27-22(30)15-6-3-7-17(25)9-15/h2-9,16,18-19H,10-12H2,1H3,(H2,26,28)(H,27,30)/t16-,18+,19?/m1/s1. The second-order valence-electron chi connectivity index (χ2n) is 8.48. The maximum atomic E-state index is 13.6. The number of hydrogen-bond donors (Lipinski definition) is 2. The van der Waals surface area contributed by atoms with Crippen LogP contribution < -0.4 is 11.1 Å². The van der Waals surface area contributed by atoms with Crippen LogP contribution in [0.4, 0.5) is 5.13 Å². The molecule has 3 N–H and O–H groups in total. The molecule has 0 spiro atoms. The molecule has 32 heavy (non-hydrogen) atoms. The molecule has 1 saturated carbocycles. The number of benzene rings is 2. The molecule has 1 aliphatic carbocycles. The van der Waals surface area contributed by atoms with Gasteiger partial charge in [0.1, 0.15) is 5.69 Å². The number of fused-ring (bicyclic) bond motifs is 1. The zero-order valence-corrected chi connectivity index (χ0v) is 19.9. The number of nitrogens with one attached hydrogen (secondary N) is 1. The minimum Gasteiger partial charge on any atom is -0.375 e. The molecule has 0 radical (unpaired) electrons. The molecule has 1 unspecified atom stereocenters. The lowest BCUT2D eigenvalue weighted by molar-refractivity contribution is 0.0685. The predicted octanol–water partition coefficient (Wildman–Crippen LogP) is 4.50. The summed E-state index contributed by atoms with van der Waals surface area (Å²) in [5.41, 5.74) is 9.09. The van der Waals surface area contributed by atoms with Crippen molar-refractivity contribution in [1.29, 1.82) is 0 Å². The van der Waals surface area contributed by atoms with Gasteiger partial charge < -0.3 is 16.0 Å². The fraction of sp³-hybridized carbons (Fsp3) is 0.292. The van der Waals surface area contributed by atoms with Crippen molar-refractivity contribution in [2.75, 3.05) is 12.3 Å². The van der Waals surface area contributed by atoms with Crippen LogP contribution in [0.3, 0.4) is 0 Å². The number of piperidine rings is 1. The van der Waals surface area contributed by atoms with E-state index in [4.69, 9.17) is 5.73 Å². The van der Waals surface area contributed by atoms with Crippen LogP contribution in [0.25, 0.3) is 10.4 Å². The first-order chi connectivity index (χ1) is 15.4. The van der Waals surface area contributed by atoms with Crippen LogP contribution in [0, 0.1) is 12.8 Å². The van der Waals surface area contributed by atoms with E-state index in [0.29, 0.717) is 28.9 Å². The number of carbonyl (C=O) groups excluding carboxylic acids is 2. The third-order valence-corrected chi connectivity index (χ3v) is 7.58. The molecule has 1 aliphatic heterocycles. The molecule has 3 atom stereocenters. The lowest BCUT2D eigenvalue weighted by Gasteiger charge is -2.27. The molecule has 1 saturated heterocycles. The van der Waals surface area contributed by atoms with E-state index in [0.717, 1.165) is 33.3 Å². The van der Waals surface area contributed by atoms with Crippen LogP contribution in [0.15, 0.2) is 53.0 Å². The highest BCUT2D eigenvalue weighted by atomic mass is 79.9. The van der Waals surface area contributed by atoms with Gasteiger partial charge in [-0.25, -0.2) is 4.98 Å². The largest absolute Gasteiger partial charge is 0.375 e. The van der Waals surface area contributed by atoms with Crippen LogP contribution in [0.5, 0.6) is 0 Å². The van der Waals surface area contributed by atoms with Gasteiger partial charge in [0, 0.05) is 22.6 Å². The first kappa shape index (κ1) is 21.2. The minimum absolute atomic E-state index is 0.0457. The Balaban J connectivity index is 1.36. The molecular formula is C24H23BrN4O2S. The third kappa shape index (κ3) is 4.04. The Kier molecular flexibility index (Phi) is 5.51. The number of likely N-dealkylation sites (tertiary alicyclic amines) is 1. The number of halogens is 1. The van der Waals surface area contributed by atoms with E-state index in [9.17, 15) is 9.59 Å². The molecule has 8 heteroatoms. The highest BCUT2D eigenvalue weighted by Crippen LogP contribution is 2.49. The van der Waals surface area contributed by atoms with Gasteiger partial charge in [-0.2, -0.15) is 0 Å². The quantitative estimate of drug-likeness (QED) is 0.528. The highest BCUT2D eigenvalue weighted by molar-refractivity contribution is 9.10. The molecule has 2 heterocycles. The summed E-state index contributed by atoms with van der Waals surface area (Å²) in [6.07, 6.45) is 1.91. The smallest absolute Gasteiger partial charge is 0.274 e. The molecule has 2 aromatic carbocycles. The van der Waals surface area contributed by atoms with Crippen molar-refractivity contribution < 1.29 is 9.59 Å². The van der Waals surface area contributed by atoms with Gasteiger partial charge in [-0.15, -0.1) is 0 Å². The average molecular weight is 511 g/mol. The Bertz CT molecular complexity index is 1210. The van der Waals surface area contributed by atoms with E-state index in [1.807, 2.05) is 48.2 Å². The summed E-state index contributed by atoms with van der Waals surface area (Å²) in [6.45, 7) is 2.44. The molecule has 164 valence electrons. The summed E-state index contributed by atoms with van der Waals surface area (Å²) in [5, 5.41) is 3.39. The topological polar surface area (TPSA) is 88.3 Å². The van der Waals surface area contributed by atoms with Crippen LogP contribution >= 0.6 is 27.3 Å². The van der Waals surface area contributed by atoms with E-state index in [1.54, 1.807) is 12.1 Å². The Morgan fingerprint density at radius 3 is 2.81 bits per heavy atom. The number of nitrogen functional groups attached to an aromatic ring is 1. The summed E-state index contributed by atoms with van der Waals surface area (Å²) in [4.78, 5) is 33.4. The number of anilines is 1. The zero-order valence-electron chi connectivity index (χ0n) is 17.5. The summed E-state index contributed by atoms with van der Waals surface area (Å²) in [5.74, 6) is 0.268. The van der Waals surface area contributed by atoms with Gasteiger partial charge >= 0.3 is 0 Å². The summed E-state index contributed by atoms with van der Waals surface area (Å²) in [6, 6.07) is 15.5. The van der Waals surface area contributed by atoms with E-state index in [1.165, 1.54) is 11.3 Å². The molecule has 2 aliphatic rings. The highest BCUT2D eigenvalue weighted by Gasteiger charge is 2.54. The number of hydrogen-bond acceptors (Lipinski definition) is 5. The molecule has 2 amide bonds. The van der Waals surface area contributed by atoms with E-state index in [2.05, 4.69) is 26.2 Å². The van der Waals surface area contributed by atoms with Crippen LogP contribution in [0.1, 0.15) is 39.3 Å². The average Bonchev–Trinajstić information content (AvgIpc) is 3.26. The number of nitrogens with zero attached hydrogens (tertiary/aromatic N) is 2. The van der Waals surface area contributed by atoms with E-state index >= 15 is 0 Å². The second-order valence-corrected chi connectivity index (χ2v) is 10.4. The van der Waals surface area contributed by atoms with Gasteiger partial charge in [-0.3, -0.25) is 9.59 Å². The number of aromatic nitrogens is 1. The first-order valence-corrected chi connectivity index (χ1v) is 12.2. The van der Waals surface area contributed by atoms with Crippen molar-refractivity contribution >= 4 is 44.2 Å². The lowest BCUT2D eigenvalue weighted by Crippen LogP contribution is -2.45. The molecule has 3 aromatic rings.